The first-order valence-corrected chi connectivity index (χ1v) is 7.47. The van der Waals surface area contributed by atoms with Crippen LogP contribution < -0.4 is 5.32 Å². The van der Waals surface area contributed by atoms with Crippen LogP contribution in [-0.4, -0.2) is 56.9 Å². The van der Waals surface area contributed by atoms with Crippen molar-refractivity contribution in [3.8, 4) is 0 Å². The largest absolute Gasteiger partial charge is 0.460 e. The van der Waals surface area contributed by atoms with Gasteiger partial charge in [-0.25, -0.2) is 4.79 Å². The molecular formula is C16H25NO5. The van der Waals surface area contributed by atoms with Gasteiger partial charge in [-0.1, -0.05) is 13.2 Å². The first-order valence-electron chi connectivity index (χ1n) is 7.47. The second kappa shape index (κ2) is 10.3. The Morgan fingerprint density at radius 3 is 2.64 bits per heavy atom. The minimum Gasteiger partial charge on any atom is -0.460 e. The number of ether oxygens (including phenoxy) is 3. The molecule has 0 amide bonds. The highest BCUT2D eigenvalue weighted by Gasteiger charge is 2.18. The van der Waals surface area contributed by atoms with E-state index in [1.165, 1.54) is 6.08 Å². The van der Waals surface area contributed by atoms with Crippen molar-refractivity contribution >= 4 is 11.8 Å². The molecule has 2 fully saturated rings. The van der Waals surface area contributed by atoms with Crippen LogP contribution in [0.15, 0.2) is 24.8 Å². The second-order valence-electron chi connectivity index (χ2n) is 5.18. The highest BCUT2D eigenvalue weighted by atomic mass is 16.6. The van der Waals surface area contributed by atoms with Crippen molar-refractivity contribution in [1.82, 2.24) is 5.32 Å². The minimum atomic E-state index is -0.328. The third-order valence-corrected chi connectivity index (χ3v) is 3.22. The minimum absolute atomic E-state index is 0.0350. The van der Waals surface area contributed by atoms with Gasteiger partial charge in [0.2, 0.25) is 0 Å². The van der Waals surface area contributed by atoms with E-state index in [2.05, 4.69) is 18.5 Å². The first-order chi connectivity index (χ1) is 10.5. The van der Waals surface area contributed by atoms with Gasteiger partial charge in [-0.05, 0) is 25.8 Å². The van der Waals surface area contributed by atoms with Crippen LogP contribution in [0, 0.1) is 0 Å². The van der Waals surface area contributed by atoms with Crippen molar-refractivity contribution < 1.29 is 23.8 Å². The summed E-state index contributed by atoms with van der Waals surface area (Å²) in [4.78, 5) is 21.8. The number of carbonyl (C=O) groups is 2. The van der Waals surface area contributed by atoms with Crippen molar-refractivity contribution in [2.45, 2.75) is 32.0 Å². The molecular weight excluding hydrogens is 286 g/mol. The summed E-state index contributed by atoms with van der Waals surface area (Å²) in [6.07, 6.45) is 3.16. The molecule has 0 aromatic heterocycles. The van der Waals surface area contributed by atoms with E-state index in [4.69, 9.17) is 14.2 Å². The predicted octanol–water partition coefficient (Wildman–Crippen LogP) is 1.01. The van der Waals surface area contributed by atoms with E-state index in [9.17, 15) is 9.59 Å². The van der Waals surface area contributed by atoms with Crippen LogP contribution in [0.5, 0.6) is 0 Å². The molecule has 0 spiro atoms. The Kier molecular flexibility index (Phi) is 8.65. The Bertz CT molecular complexity index is 395. The van der Waals surface area contributed by atoms with Crippen LogP contribution in [0.2, 0.25) is 0 Å². The molecule has 6 heteroatoms. The molecule has 6 nitrogen and oxygen atoms in total. The van der Waals surface area contributed by atoms with Gasteiger partial charge in [-0.15, -0.1) is 0 Å². The number of rotatable bonds is 5. The summed E-state index contributed by atoms with van der Waals surface area (Å²) in [7, 11) is 0. The Balaban J connectivity index is 0.000000224. The Hall–Kier alpha value is -1.50. The van der Waals surface area contributed by atoms with Gasteiger partial charge in [0.1, 0.15) is 12.7 Å². The van der Waals surface area contributed by atoms with Crippen molar-refractivity contribution in [3.63, 3.8) is 0 Å². The normalized spacial score (nSPS) is 23.9. The lowest BCUT2D eigenvalue weighted by Crippen LogP contribution is -2.42. The molecule has 2 saturated heterocycles. The van der Waals surface area contributed by atoms with E-state index in [1.54, 1.807) is 6.92 Å². The molecule has 0 aromatic carbocycles. The molecule has 2 rings (SSSR count). The first kappa shape index (κ1) is 18.5. The zero-order valence-electron chi connectivity index (χ0n) is 13.1. The van der Waals surface area contributed by atoms with Crippen LogP contribution in [-0.2, 0) is 23.8 Å². The van der Waals surface area contributed by atoms with Crippen LogP contribution in [0.3, 0.4) is 0 Å². The van der Waals surface area contributed by atoms with E-state index in [-0.39, 0.29) is 24.0 Å². The second-order valence-corrected chi connectivity index (χ2v) is 5.18. The number of esters is 1. The lowest BCUT2D eigenvalue weighted by atomic mass is 10.2. The highest BCUT2D eigenvalue weighted by molar-refractivity contribution is 5.93. The van der Waals surface area contributed by atoms with E-state index >= 15 is 0 Å². The van der Waals surface area contributed by atoms with Gasteiger partial charge in [-0.3, -0.25) is 4.79 Å². The lowest BCUT2D eigenvalue weighted by molar-refractivity contribution is -0.142. The maximum absolute atomic E-state index is 10.9. The van der Waals surface area contributed by atoms with Crippen LogP contribution >= 0.6 is 0 Å². The fourth-order valence-corrected chi connectivity index (χ4v) is 1.95. The number of ketones is 1. The molecule has 0 saturated carbocycles. The maximum Gasteiger partial charge on any atom is 0.333 e. The summed E-state index contributed by atoms with van der Waals surface area (Å²) in [6, 6.07) is 0. The molecule has 2 aliphatic heterocycles. The number of carbonyl (C=O) groups excluding carboxylic acids is 2. The molecule has 22 heavy (non-hydrogen) atoms. The smallest absolute Gasteiger partial charge is 0.333 e. The molecule has 0 aliphatic carbocycles. The van der Waals surface area contributed by atoms with Crippen molar-refractivity contribution in [3.05, 3.63) is 24.8 Å². The average Bonchev–Trinajstić information content (AvgIpc) is 3.06. The molecule has 2 heterocycles. The Morgan fingerprint density at radius 1 is 1.36 bits per heavy atom. The van der Waals surface area contributed by atoms with Gasteiger partial charge in [0.15, 0.2) is 5.78 Å². The third kappa shape index (κ3) is 6.98. The van der Waals surface area contributed by atoms with Gasteiger partial charge in [0.05, 0.1) is 12.7 Å². The van der Waals surface area contributed by atoms with Gasteiger partial charge < -0.3 is 19.5 Å². The van der Waals surface area contributed by atoms with Crippen LogP contribution in [0.1, 0.15) is 19.8 Å². The molecule has 0 radical (unpaired) electrons. The topological polar surface area (TPSA) is 73.9 Å². The standard InChI is InChI=1S/C9H14O3.C7H11NO2/c1-7(2)9(10)12-6-8-4-3-5-11-8;1-2-6(9)7-5-8-3-4-10-7/h8H,1,3-6H2,2H3;2,7-8H,1,3-5H2. The SMILES string of the molecule is C=C(C)C(=O)OCC1CCCO1.C=CC(=O)C1CNCCO1. The molecule has 2 unspecified atom stereocenters. The molecule has 0 bridgehead atoms. The van der Waals surface area contributed by atoms with E-state index in [1.807, 2.05) is 0 Å². The van der Waals surface area contributed by atoms with Gasteiger partial charge >= 0.3 is 5.97 Å². The molecule has 2 atom stereocenters. The van der Waals surface area contributed by atoms with Crippen LogP contribution in [0.4, 0.5) is 0 Å². The summed E-state index contributed by atoms with van der Waals surface area (Å²) in [5.41, 5.74) is 0.438. The summed E-state index contributed by atoms with van der Waals surface area (Å²) >= 11 is 0. The Morgan fingerprint density at radius 2 is 2.14 bits per heavy atom. The van der Waals surface area contributed by atoms with E-state index < -0.39 is 0 Å². The molecule has 2 aliphatic rings. The van der Waals surface area contributed by atoms with E-state index in [0.29, 0.717) is 25.3 Å². The van der Waals surface area contributed by atoms with Crippen molar-refractivity contribution in [2.24, 2.45) is 0 Å². The van der Waals surface area contributed by atoms with Crippen LogP contribution in [0.25, 0.3) is 0 Å². The van der Waals surface area contributed by atoms with E-state index in [0.717, 1.165) is 26.0 Å². The van der Waals surface area contributed by atoms with Crippen molar-refractivity contribution in [1.29, 1.82) is 0 Å². The molecule has 1 N–H and O–H groups in total. The average molecular weight is 311 g/mol. The zero-order chi connectivity index (χ0) is 16.4. The summed E-state index contributed by atoms with van der Waals surface area (Å²) < 4.78 is 15.3. The summed E-state index contributed by atoms with van der Waals surface area (Å²) in [5.74, 6) is -0.363. The lowest BCUT2D eigenvalue weighted by Gasteiger charge is -2.20. The monoisotopic (exact) mass is 311 g/mol. The summed E-state index contributed by atoms with van der Waals surface area (Å²) in [5, 5.41) is 3.06. The molecule has 124 valence electrons. The number of nitrogens with one attached hydrogen (secondary N) is 1. The quantitative estimate of drug-likeness (QED) is 0.603. The Labute approximate surface area is 131 Å². The fraction of sp³-hybridized carbons (Fsp3) is 0.625. The maximum atomic E-state index is 10.9. The van der Waals surface area contributed by atoms with Gasteiger partial charge in [-0.2, -0.15) is 0 Å². The zero-order valence-corrected chi connectivity index (χ0v) is 13.1. The predicted molar refractivity (Wildman–Crippen MR) is 82.6 cm³/mol. The third-order valence-electron chi connectivity index (χ3n) is 3.22. The fourth-order valence-electron chi connectivity index (χ4n) is 1.95. The van der Waals surface area contributed by atoms with Gasteiger partial charge in [0, 0.05) is 25.3 Å². The summed E-state index contributed by atoms with van der Waals surface area (Å²) in [6.45, 7) is 11.7. The number of hydrogen-bond acceptors (Lipinski definition) is 6. The number of hydrogen-bond donors (Lipinski definition) is 1. The highest BCUT2D eigenvalue weighted by Crippen LogP contribution is 2.12. The number of morpholine rings is 1. The van der Waals surface area contributed by atoms with Gasteiger partial charge in [0.25, 0.3) is 0 Å². The molecule has 0 aromatic rings. The van der Waals surface area contributed by atoms with Crippen molar-refractivity contribution in [2.75, 3.05) is 32.9 Å².